The number of benzene rings is 2. The van der Waals surface area contributed by atoms with Crippen LogP contribution in [0.1, 0.15) is 62.4 Å². The highest BCUT2D eigenvalue weighted by molar-refractivity contribution is 6.36. The van der Waals surface area contributed by atoms with Crippen molar-refractivity contribution in [2.45, 2.75) is 62.7 Å². The topological polar surface area (TPSA) is 101 Å². The maximum atomic E-state index is 13.8. The molecule has 2 aromatic carbocycles. The van der Waals surface area contributed by atoms with Crippen LogP contribution in [-0.2, 0) is 10.2 Å². The molecule has 0 amide bonds. The molecular weight excluding hydrogens is 528 g/mol. The second-order valence-electron chi connectivity index (χ2n) is 11.2. The summed E-state index contributed by atoms with van der Waals surface area (Å²) in [4.78, 5) is 4.48. The SMILES string of the molecule is [B]C(Nc1cc(Cl)c2ncc(C#N)c(NC3CCOC(C)(C)C3)c2c1)(c1ccc(F)cc1)c1cn(C2CC2)nn1. The summed E-state index contributed by atoms with van der Waals surface area (Å²) in [6, 6.07) is 12.2. The molecule has 1 saturated carbocycles. The van der Waals surface area contributed by atoms with Crippen LogP contribution in [0.5, 0.6) is 0 Å². The second kappa shape index (κ2) is 10.1. The molecule has 6 rings (SSSR count). The Morgan fingerprint density at radius 1 is 1.23 bits per heavy atom. The van der Waals surface area contributed by atoms with E-state index in [0.29, 0.717) is 56.8 Å². The largest absolute Gasteiger partial charge is 0.380 e. The zero-order valence-corrected chi connectivity index (χ0v) is 23.0. The van der Waals surface area contributed by atoms with Gasteiger partial charge in [-0.15, -0.1) is 5.10 Å². The number of fused-ring (bicyclic) bond motifs is 1. The van der Waals surface area contributed by atoms with E-state index in [1.165, 1.54) is 18.3 Å². The Morgan fingerprint density at radius 3 is 2.70 bits per heavy atom. The predicted octanol–water partition coefficient (Wildman–Crippen LogP) is 5.68. The molecule has 2 atom stereocenters. The number of nitriles is 1. The monoisotopic (exact) mass is 555 g/mol. The quantitative estimate of drug-likeness (QED) is 0.283. The molecule has 3 heterocycles. The van der Waals surface area contributed by atoms with Gasteiger partial charge in [-0.2, -0.15) is 5.26 Å². The third-order valence-electron chi connectivity index (χ3n) is 7.57. The van der Waals surface area contributed by atoms with E-state index in [1.807, 2.05) is 16.9 Å². The van der Waals surface area contributed by atoms with Crippen LogP contribution < -0.4 is 10.6 Å². The van der Waals surface area contributed by atoms with E-state index >= 15 is 0 Å². The first kappa shape index (κ1) is 26.5. The Kier molecular flexibility index (Phi) is 6.67. The molecule has 4 aromatic rings. The van der Waals surface area contributed by atoms with Crippen LogP contribution >= 0.6 is 11.6 Å². The fraction of sp³-hybridized carbons (Fsp3) is 0.379. The van der Waals surface area contributed by atoms with Crippen LogP contribution in [0.3, 0.4) is 0 Å². The molecule has 0 bridgehead atoms. The summed E-state index contributed by atoms with van der Waals surface area (Å²) in [7, 11) is 7.03. The van der Waals surface area contributed by atoms with Crippen molar-refractivity contribution in [3.8, 4) is 6.07 Å². The first-order valence-electron chi connectivity index (χ1n) is 13.3. The summed E-state index contributed by atoms with van der Waals surface area (Å²) in [5.74, 6) is -0.372. The van der Waals surface area contributed by atoms with E-state index in [2.05, 4.69) is 45.8 Å². The molecule has 8 nitrogen and oxygen atoms in total. The molecule has 2 N–H and O–H groups in total. The first-order chi connectivity index (χ1) is 19.1. The number of halogens is 2. The molecule has 11 heteroatoms. The zero-order valence-electron chi connectivity index (χ0n) is 22.3. The molecule has 2 aliphatic rings. The van der Waals surface area contributed by atoms with Crippen molar-refractivity contribution in [2.24, 2.45) is 0 Å². The van der Waals surface area contributed by atoms with E-state index in [4.69, 9.17) is 24.2 Å². The lowest BCUT2D eigenvalue weighted by Gasteiger charge is -2.36. The summed E-state index contributed by atoms with van der Waals surface area (Å²) < 4.78 is 21.5. The van der Waals surface area contributed by atoms with Crippen LogP contribution in [0.4, 0.5) is 15.8 Å². The summed E-state index contributed by atoms with van der Waals surface area (Å²) in [5, 5.41) is 26.7. The van der Waals surface area contributed by atoms with E-state index in [-0.39, 0.29) is 17.5 Å². The molecule has 1 aliphatic heterocycles. The number of nitrogens with zero attached hydrogens (tertiary/aromatic N) is 5. The van der Waals surface area contributed by atoms with Gasteiger partial charge in [0.1, 0.15) is 25.4 Å². The fourth-order valence-corrected chi connectivity index (χ4v) is 5.60. The van der Waals surface area contributed by atoms with Gasteiger partial charge in [0.2, 0.25) is 0 Å². The number of anilines is 2. The van der Waals surface area contributed by atoms with Gasteiger partial charge in [-0.05, 0) is 69.4 Å². The molecule has 2 radical (unpaired) electrons. The van der Waals surface area contributed by atoms with E-state index < -0.39 is 5.44 Å². The predicted molar refractivity (Wildman–Crippen MR) is 153 cm³/mol. The highest BCUT2D eigenvalue weighted by Gasteiger charge is 2.34. The average molecular weight is 556 g/mol. The fourth-order valence-electron chi connectivity index (χ4n) is 5.33. The highest BCUT2D eigenvalue weighted by Crippen LogP contribution is 2.39. The minimum absolute atomic E-state index is 0.0992. The molecule has 2 unspecified atom stereocenters. The van der Waals surface area contributed by atoms with Crippen molar-refractivity contribution >= 4 is 41.7 Å². The van der Waals surface area contributed by atoms with E-state index in [1.54, 1.807) is 18.2 Å². The standard InChI is InChI=1S/C29H28BClFN7O/c1-28(2)13-20(9-10-40-28)35-26-17(14-33)15-34-27-23(26)11-21(12-24(27)31)36-29(30,18-3-5-19(32)6-4-18)25-16-39(38-37-25)22-7-8-22/h3-6,11-12,15-16,20,22,36H,7-10,13H2,1-2H3,(H,34,35). The van der Waals surface area contributed by atoms with Crippen LogP contribution in [0, 0.1) is 17.1 Å². The maximum absolute atomic E-state index is 13.8. The maximum Gasteiger partial charge on any atom is 0.123 e. The third-order valence-corrected chi connectivity index (χ3v) is 7.86. The summed E-state index contributed by atoms with van der Waals surface area (Å²) in [6.07, 6.45) is 7.03. The van der Waals surface area contributed by atoms with E-state index in [0.717, 1.165) is 25.7 Å². The second-order valence-corrected chi connectivity index (χ2v) is 11.6. The molecule has 40 heavy (non-hydrogen) atoms. The number of rotatable bonds is 7. The van der Waals surface area contributed by atoms with Gasteiger partial charge in [0.25, 0.3) is 0 Å². The molecule has 2 aromatic heterocycles. The third kappa shape index (κ3) is 5.12. The lowest BCUT2D eigenvalue weighted by atomic mass is 9.69. The number of aromatic nitrogens is 4. The molecule has 202 valence electrons. The van der Waals surface area contributed by atoms with Crippen molar-refractivity contribution < 1.29 is 9.13 Å². The Balaban J connectivity index is 1.43. The Morgan fingerprint density at radius 2 is 2.00 bits per heavy atom. The van der Waals surface area contributed by atoms with Gasteiger partial charge < -0.3 is 15.4 Å². The molecule has 0 spiro atoms. The number of ether oxygens (including phenoxy) is 1. The smallest absolute Gasteiger partial charge is 0.123 e. The number of hydrogen-bond donors (Lipinski definition) is 2. The lowest BCUT2D eigenvalue weighted by molar-refractivity contribution is -0.0553. The van der Waals surface area contributed by atoms with Crippen LogP contribution in [0.2, 0.25) is 5.02 Å². The lowest BCUT2D eigenvalue weighted by Crippen LogP contribution is -2.40. The van der Waals surface area contributed by atoms with Crippen LogP contribution in [-0.4, -0.2) is 46.1 Å². The Bertz CT molecular complexity index is 1620. The van der Waals surface area contributed by atoms with Gasteiger partial charge in [-0.25, -0.2) is 9.07 Å². The number of hydrogen-bond acceptors (Lipinski definition) is 7. The molecular formula is C29H28BClFN7O. The van der Waals surface area contributed by atoms with Crippen molar-refractivity contribution in [3.63, 3.8) is 0 Å². The van der Waals surface area contributed by atoms with Crippen molar-refractivity contribution in [1.29, 1.82) is 5.26 Å². The minimum Gasteiger partial charge on any atom is -0.380 e. The summed E-state index contributed by atoms with van der Waals surface area (Å²) in [5.41, 5.74) is 1.66. The van der Waals surface area contributed by atoms with Gasteiger partial charge >= 0.3 is 0 Å². The Labute approximate surface area is 238 Å². The minimum atomic E-state index is -1.35. The zero-order chi connectivity index (χ0) is 28.1. The summed E-state index contributed by atoms with van der Waals surface area (Å²) in [6.45, 7) is 4.74. The van der Waals surface area contributed by atoms with Gasteiger partial charge in [-0.1, -0.05) is 28.9 Å². The van der Waals surface area contributed by atoms with Crippen molar-refractivity contribution in [3.05, 3.63) is 76.5 Å². The molecule has 1 aliphatic carbocycles. The van der Waals surface area contributed by atoms with Gasteiger partial charge in [-0.3, -0.25) is 4.98 Å². The van der Waals surface area contributed by atoms with Gasteiger partial charge in [0.05, 0.1) is 45.1 Å². The normalized spacial score (nSPS) is 20.0. The number of nitrogens with one attached hydrogen (secondary N) is 2. The average Bonchev–Trinajstić information content (AvgIpc) is 3.64. The molecule has 2 fully saturated rings. The van der Waals surface area contributed by atoms with Gasteiger partial charge in [0.15, 0.2) is 0 Å². The van der Waals surface area contributed by atoms with E-state index in [9.17, 15) is 9.65 Å². The van der Waals surface area contributed by atoms with Gasteiger partial charge in [0, 0.05) is 29.9 Å². The Hall–Kier alpha value is -3.68. The van der Waals surface area contributed by atoms with Crippen molar-refractivity contribution in [2.75, 3.05) is 17.2 Å². The summed E-state index contributed by atoms with van der Waals surface area (Å²) >= 11 is 6.76. The van der Waals surface area contributed by atoms with Crippen LogP contribution in [0.15, 0.2) is 48.8 Å². The molecule has 1 saturated heterocycles. The van der Waals surface area contributed by atoms with Crippen molar-refractivity contribution in [1.82, 2.24) is 20.0 Å². The first-order valence-corrected chi connectivity index (χ1v) is 13.7. The number of pyridine rings is 1. The highest BCUT2D eigenvalue weighted by atomic mass is 35.5. The van der Waals surface area contributed by atoms with Crippen LogP contribution in [0.25, 0.3) is 10.9 Å².